The van der Waals surface area contributed by atoms with E-state index in [1.54, 1.807) is 18.2 Å². The van der Waals surface area contributed by atoms with E-state index < -0.39 is 5.82 Å². The molecular formula is C16H17FN2O. The third-order valence-electron chi connectivity index (χ3n) is 3.04. The van der Waals surface area contributed by atoms with Crippen LogP contribution in [0.1, 0.15) is 11.1 Å². The Morgan fingerprint density at radius 3 is 2.60 bits per heavy atom. The second kappa shape index (κ2) is 6.30. The van der Waals surface area contributed by atoms with Crippen LogP contribution in [0.5, 0.6) is 0 Å². The standard InChI is InChI=1S/C16H17FN2O/c1-12-5-4-6-13(9-12)11-19(16(20)10-18)15-8-3-2-7-14(15)17/h2-9H,10-11,18H2,1H3. The molecule has 0 bridgehead atoms. The second-order valence-electron chi connectivity index (χ2n) is 4.62. The summed E-state index contributed by atoms with van der Waals surface area (Å²) in [6.07, 6.45) is 0. The van der Waals surface area contributed by atoms with E-state index in [0.29, 0.717) is 6.54 Å². The molecule has 0 radical (unpaired) electrons. The summed E-state index contributed by atoms with van der Waals surface area (Å²) in [6.45, 7) is 2.13. The minimum Gasteiger partial charge on any atom is -0.322 e. The van der Waals surface area contributed by atoms with Crippen molar-refractivity contribution in [2.24, 2.45) is 5.73 Å². The molecule has 0 atom stereocenters. The molecule has 0 saturated heterocycles. The van der Waals surface area contributed by atoms with Gasteiger partial charge in [-0.15, -0.1) is 0 Å². The van der Waals surface area contributed by atoms with E-state index in [9.17, 15) is 9.18 Å². The first-order chi connectivity index (χ1) is 9.61. The number of nitrogens with zero attached hydrogens (tertiary/aromatic N) is 1. The Hall–Kier alpha value is -2.20. The third-order valence-corrected chi connectivity index (χ3v) is 3.04. The molecule has 0 aliphatic carbocycles. The van der Waals surface area contributed by atoms with Crippen LogP contribution in [0.25, 0.3) is 0 Å². The molecule has 4 heteroatoms. The van der Waals surface area contributed by atoms with Crippen molar-refractivity contribution >= 4 is 11.6 Å². The summed E-state index contributed by atoms with van der Waals surface area (Å²) in [5, 5.41) is 0. The lowest BCUT2D eigenvalue weighted by atomic mass is 10.1. The predicted molar refractivity (Wildman–Crippen MR) is 77.8 cm³/mol. The Morgan fingerprint density at radius 2 is 1.95 bits per heavy atom. The maximum Gasteiger partial charge on any atom is 0.241 e. The number of nitrogens with two attached hydrogens (primary N) is 1. The normalized spacial score (nSPS) is 10.3. The van der Waals surface area contributed by atoms with Gasteiger partial charge in [0, 0.05) is 0 Å². The molecule has 2 aromatic rings. The molecule has 0 spiro atoms. The van der Waals surface area contributed by atoms with Crippen molar-refractivity contribution in [2.75, 3.05) is 11.4 Å². The first-order valence-electron chi connectivity index (χ1n) is 6.42. The fraction of sp³-hybridized carbons (Fsp3) is 0.188. The Morgan fingerprint density at radius 1 is 1.20 bits per heavy atom. The zero-order valence-electron chi connectivity index (χ0n) is 11.3. The van der Waals surface area contributed by atoms with E-state index in [-0.39, 0.29) is 18.1 Å². The largest absolute Gasteiger partial charge is 0.322 e. The lowest BCUT2D eigenvalue weighted by molar-refractivity contribution is -0.117. The molecule has 0 heterocycles. The van der Waals surface area contributed by atoms with Crippen LogP contribution >= 0.6 is 0 Å². The second-order valence-corrected chi connectivity index (χ2v) is 4.62. The van der Waals surface area contributed by atoms with Gasteiger partial charge in [0.05, 0.1) is 18.8 Å². The zero-order chi connectivity index (χ0) is 14.5. The number of para-hydroxylation sites is 1. The molecule has 2 rings (SSSR count). The third kappa shape index (κ3) is 3.22. The van der Waals surface area contributed by atoms with Crippen molar-refractivity contribution in [3.63, 3.8) is 0 Å². The Bertz CT molecular complexity index is 613. The van der Waals surface area contributed by atoms with Gasteiger partial charge in [-0.1, -0.05) is 42.0 Å². The summed E-state index contributed by atoms with van der Waals surface area (Å²) in [7, 11) is 0. The van der Waals surface area contributed by atoms with Gasteiger partial charge in [-0.2, -0.15) is 0 Å². The predicted octanol–water partition coefficient (Wildman–Crippen LogP) is 2.63. The first-order valence-corrected chi connectivity index (χ1v) is 6.42. The number of hydrogen-bond acceptors (Lipinski definition) is 2. The van der Waals surface area contributed by atoms with Crippen LogP contribution < -0.4 is 10.6 Å². The molecule has 3 nitrogen and oxygen atoms in total. The molecule has 0 aliphatic rings. The number of amides is 1. The van der Waals surface area contributed by atoms with Crippen molar-refractivity contribution in [2.45, 2.75) is 13.5 Å². The average molecular weight is 272 g/mol. The van der Waals surface area contributed by atoms with Crippen molar-refractivity contribution in [1.82, 2.24) is 0 Å². The number of anilines is 1. The lowest BCUT2D eigenvalue weighted by Crippen LogP contribution is -2.36. The molecule has 0 unspecified atom stereocenters. The molecule has 0 aliphatic heterocycles. The maximum atomic E-state index is 13.9. The number of hydrogen-bond donors (Lipinski definition) is 1. The fourth-order valence-electron chi connectivity index (χ4n) is 2.08. The summed E-state index contributed by atoms with van der Waals surface area (Å²) in [5.41, 5.74) is 7.72. The molecular weight excluding hydrogens is 255 g/mol. The molecule has 2 aromatic carbocycles. The van der Waals surface area contributed by atoms with Crippen molar-refractivity contribution in [1.29, 1.82) is 0 Å². The van der Waals surface area contributed by atoms with E-state index in [2.05, 4.69) is 0 Å². The van der Waals surface area contributed by atoms with Crippen LogP contribution in [0.2, 0.25) is 0 Å². The van der Waals surface area contributed by atoms with E-state index in [1.807, 2.05) is 31.2 Å². The van der Waals surface area contributed by atoms with Crippen LogP contribution in [0.3, 0.4) is 0 Å². The van der Waals surface area contributed by atoms with Gasteiger partial charge in [0.2, 0.25) is 5.91 Å². The van der Waals surface area contributed by atoms with Gasteiger partial charge in [-0.25, -0.2) is 4.39 Å². The van der Waals surface area contributed by atoms with Crippen molar-refractivity contribution in [3.8, 4) is 0 Å². The summed E-state index contributed by atoms with van der Waals surface area (Å²) in [5.74, 6) is -0.737. The maximum absolute atomic E-state index is 13.9. The van der Waals surface area contributed by atoms with Gasteiger partial charge >= 0.3 is 0 Å². The van der Waals surface area contributed by atoms with Crippen molar-refractivity contribution < 1.29 is 9.18 Å². The monoisotopic (exact) mass is 272 g/mol. The highest BCUT2D eigenvalue weighted by atomic mass is 19.1. The summed E-state index contributed by atoms with van der Waals surface area (Å²) >= 11 is 0. The number of aryl methyl sites for hydroxylation is 1. The summed E-state index contributed by atoms with van der Waals surface area (Å²) < 4.78 is 13.9. The van der Waals surface area contributed by atoms with Gasteiger partial charge in [-0.05, 0) is 24.6 Å². The van der Waals surface area contributed by atoms with Gasteiger partial charge in [-0.3, -0.25) is 4.79 Å². The Kier molecular flexibility index (Phi) is 4.48. The number of carbonyl (C=O) groups excluding carboxylic acids is 1. The summed E-state index contributed by atoms with van der Waals surface area (Å²) in [6, 6.07) is 14.0. The van der Waals surface area contributed by atoms with E-state index in [4.69, 9.17) is 5.73 Å². The average Bonchev–Trinajstić information content (AvgIpc) is 2.45. The minimum atomic E-state index is -0.429. The Labute approximate surface area is 117 Å². The number of rotatable bonds is 4. The Balaban J connectivity index is 2.34. The topological polar surface area (TPSA) is 46.3 Å². The molecule has 20 heavy (non-hydrogen) atoms. The van der Waals surface area contributed by atoms with Crippen LogP contribution in [-0.2, 0) is 11.3 Å². The first kappa shape index (κ1) is 14.2. The SMILES string of the molecule is Cc1cccc(CN(C(=O)CN)c2ccccc2F)c1. The number of halogens is 1. The van der Waals surface area contributed by atoms with E-state index in [0.717, 1.165) is 11.1 Å². The molecule has 2 N–H and O–H groups in total. The van der Waals surface area contributed by atoms with Gasteiger partial charge in [0.15, 0.2) is 0 Å². The van der Waals surface area contributed by atoms with Gasteiger partial charge in [0.1, 0.15) is 5.82 Å². The highest BCUT2D eigenvalue weighted by Crippen LogP contribution is 2.21. The highest BCUT2D eigenvalue weighted by Gasteiger charge is 2.17. The van der Waals surface area contributed by atoms with E-state index >= 15 is 0 Å². The molecule has 0 aromatic heterocycles. The molecule has 0 saturated carbocycles. The van der Waals surface area contributed by atoms with Crippen LogP contribution in [0.15, 0.2) is 48.5 Å². The fourth-order valence-corrected chi connectivity index (χ4v) is 2.08. The van der Waals surface area contributed by atoms with Crippen LogP contribution in [0, 0.1) is 12.7 Å². The summed E-state index contributed by atoms with van der Waals surface area (Å²) in [4.78, 5) is 13.4. The quantitative estimate of drug-likeness (QED) is 0.930. The number of carbonyl (C=O) groups is 1. The molecule has 0 fully saturated rings. The lowest BCUT2D eigenvalue weighted by Gasteiger charge is -2.23. The van der Waals surface area contributed by atoms with Crippen LogP contribution in [-0.4, -0.2) is 12.5 Å². The number of benzene rings is 2. The van der Waals surface area contributed by atoms with Crippen molar-refractivity contribution in [3.05, 3.63) is 65.5 Å². The molecule has 104 valence electrons. The smallest absolute Gasteiger partial charge is 0.241 e. The molecule has 1 amide bonds. The van der Waals surface area contributed by atoms with Crippen LogP contribution in [0.4, 0.5) is 10.1 Å². The zero-order valence-corrected chi connectivity index (χ0v) is 11.3. The van der Waals surface area contributed by atoms with Gasteiger partial charge < -0.3 is 10.6 Å². The van der Waals surface area contributed by atoms with E-state index in [1.165, 1.54) is 11.0 Å². The van der Waals surface area contributed by atoms with Gasteiger partial charge in [0.25, 0.3) is 0 Å². The minimum absolute atomic E-state index is 0.153. The highest BCUT2D eigenvalue weighted by molar-refractivity contribution is 5.94.